The Morgan fingerprint density at radius 3 is 1.79 bits per heavy atom. The summed E-state index contributed by atoms with van der Waals surface area (Å²) < 4.78 is 0. The number of carbonyl (C=O) groups excluding carboxylic acids is 1. The topological polar surface area (TPSA) is 29.1 Å². The molecule has 0 atom stereocenters. The highest BCUT2D eigenvalue weighted by Crippen LogP contribution is 2.17. The molecule has 1 N–H and O–H groups in total. The minimum Gasteiger partial charge on any atom is -0.356 e. The molecule has 4 aromatic carbocycles. The van der Waals surface area contributed by atoms with Gasteiger partial charge in [-0.15, -0.1) is 0 Å². The standard InChI is InChI=1S/C26H25NO/c28-26(16-13-21-12-15-23-8-2-4-10-25(23)19-21)27-17-5-6-20-11-14-22-7-1-3-9-24(22)18-20/h1-4,7-12,14-15,18-19H,5-6,13,16-17H2,(H,27,28). The van der Waals surface area contributed by atoms with Gasteiger partial charge in [0.2, 0.25) is 5.91 Å². The summed E-state index contributed by atoms with van der Waals surface area (Å²) in [4.78, 5) is 12.2. The number of benzene rings is 4. The molecular weight excluding hydrogens is 342 g/mol. The number of carbonyl (C=O) groups is 1. The monoisotopic (exact) mass is 367 g/mol. The van der Waals surface area contributed by atoms with Gasteiger partial charge in [0.15, 0.2) is 0 Å². The second-order valence-corrected chi connectivity index (χ2v) is 7.32. The van der Waals surface area contributed by atoms with Crippen molar-refractivity contribution in [3.8, 4) is 0 Å². The number of amides is 1. The molecule has 0 aliphatic rings. The van der Waals surface area contributed by atoms with Gasteiger partial charge in [0.25, 0.3) is 0 Å². The molecule has 28 heavy (non-hydrogen) atoms. The minimum atomic E-state index is 0.131. The Labute approximate surface area is 166 Å². The van der Waals surface area contributed by atoms with Gasteiger partial charge in [0.1, 0.15) is 0 Å². The number of aryl methyl sites for hydroxylation is 2. The quantitative estimate of drug-likeness (QED) is 0.419. The van der Waals surface area contributed by atoms with Crippen LogP contribution in [0.15, 0.2) is 84.9 Å². The molecular formula is C26H25NO. The van der Waals surface area contributed by atoms with Crippen molar-refractivity contribution >= 4 is 27.5 Å². The van der Waals surface area contributed by atoms with E-state index in [0.29, 0.717) is 6.42 Å². The first kappa shape index (κ1) is 18.2. The molecule has 0 aromatic heterocycles. The molecule has 0 aliphatic heterocycles. The maximum absolute atomic E-state index is 12.2. The molecule has 0 saturated carbocycles. The Morgan fingerprint density at radius 1 is 0.643 bits per heavy atom. The molecule has 4 aromatic rings. The second kappa shape index (κ2) is 8.71. The summed E-state index contributed by atoms with van der Waals surface area (Å²) in [5.41, 5.74) is 2.54. The van der Waals surface area contributed by atoms with Gasteiger partial charge in [-0.05, 0) is 51.9 Å². The number of fused-ring (bicyclic) bond motifs is 2. The third kappa shape index (κ3) is 4.58. The number of rotatable bonds is 7. The zero-order valence-corrected chi connectivity index (χ0v) is 16.0. The number of hydrogen-bond acceptors (Lipinski definition) is 1. The molecule has 2 heteroatoms. The van der Waals surface area contributed by atoms with Crippen LogP contribution in [-0.2, 0) is 17.6 Å². The largest absolute Gasteiger partial charge is 0.356 e. The summed E-state index contributed by atoms with van der Waals surface area (Å²) in [7, 11) is 0. The zero-order chi connectivity index (χ0) is 19.2. The maximum atomic E-state index is 12.2. The SMILES string of the molecule is O=C(CCc1ccc2ccccc2c1)NCCCc1ccc2ccccc2c1. The maximum Gasteiger partial charge on any atom is 0.220 e. The van der Waals surface area contributed by atoms with Gasteiger partial charge in [-0.3, -0.25) is 4.79 Å². The Bertz CT molecular complexity index is 1100. The van der Waals surface area contributed by atoms with Crippen LogP contribution in [0.2, 0.25) is 0 Å². The van der Waals surface area contributed by atoms with Gasteiger partial charge in [-0.25, -0.2) is 0 Å². The van der Waals surface area contributed by atoms with E-state index in [1.807, 2.05) is 12.1 Å². The predicted octanol–water partition coefficient (Wildman–Crippen LogP) is 5.67. The number of nitrogens with one attached hydrogen (secondary N) is 1. The first-order valence-corrected chi connectivity index (χ1v) is 10.00. The van der Waals surface area contributed by atoms with Crippen LogP contribution in [0.1, 0.15) is 24.0 Å². The van der Waals surface area contributed by atoms with Crippen LogP contribution in [0, 0.1) is 0 Å². The lowest BCUT2D eigenvalue weighted by atomic mass is 10.0. The molecule has 0 spiro atoms. The van der Waals surface area contributed by atoms with Crippen LogP contribution in [0.4, 0.5) is 0 Å². The predicted molar refractivity (Wildman–Crippen MR) is 118 cm³/mol. The summed E-state index contributed by atoms with van der Waals surface area (Å²) in [5.74, 6) is 0.131. The molecule has 0 unspecified atom stereocenters. The van der Waals surface area contributed by atoms with Crippen molar-refractivity contribution in [1.29, 1.82) is 0 Å². The van der Waals surface area contributed by atoms with Crippen molar-refractivity contribution in [3.05, 3.63) is 96.1 Å². The Balaban J connectivity index is 1.21. The van der Waals surface area contributed by atoms with E-state index in [0.717, 1.165) is 25.8 Å². The van der Waals surface area contributed by atoms with Crippen LogP contribution in [0.3, 0.4) is 0 Å². The lowest BCUT2D eigenvalue weighted by molar-refractivity contribution is -0.121. The molecule has 0 radical (unpaired) electrons. The Morgan fingerprint density at radius 2 is 1.18 bits per heavy atom. The normalized spacial score (nSPS) is 11.0. The van der Waals surface area contributed by atoms with E-state index in [1.54, 1.807) is 0 Å². The average Bonchev–Trinajstić information content (AvgIpc) is 2.75. The van der Waals surface area contributed by atoms with Crippen molar-refractivity contribution in [2.45, 2.75) is 25.7 Å². The Kier molecular flexibility index (Phi) is 5.67. The molecule has 0 bridgehead atoms. The van der Waals surface area contributed by atoms with Crippen molar-refractivity contribution in [3.63, 3.8) is 0 Å². The lowest BCUT2D eigenvalue weighted by Crippen LogP contribution is -2.24. The molecule has 0 saturated heterocycles. The fourth-order valence-electron chi connectivity index (χ4n) is 3.66. The minimum absolute atomic E-state index is 0.131. The number of hydrogen-bond donors (Lipinski definition) is 1. The highest BCUT2D eigenvalue weighted by atomic mass is 16.1. The van der Waals surface area contributed by atoms with Crippen LogP contribution in [0.25, 0.3) is 21.5 Å². The smallest absolute Gasteiger partial charge is 0.220 e. The van der Waals surface area contributed by atoms with Crippen LogP contribution < -0.4 is 5.32 Å². The van der Waals surface area contributed by atoms with E-state index in [2.05, 4.69) is 78.1 Å². The lowest BCUT2D eigenvalue weighted by Gasteiger charge is -2.07. The first-order valence-electron chi connectivity index (χ1n) is 10.00. The summed E-state index contributed by atoms with van der Waals surface area (Å²) in [6, 6.07) is 29.8. The van der Waals surface area contributed by atoms with Crippen LogP contribution in [-0.4, -0.2) is 12.5 Å². The molecule has 0 fully saturated rings. The Hall–Kier alpha value is -3.13. The van der Waals surface area contributed by atoms with Crippen molar-refractivity contribution < 1.29 is 4.79 Å². The van der Waals surface area contributed by atoms with Gasteiger partial charge in [0, 0.05) is 13.0 Å². The summed E-state index contributed by atoms with van der Waals surface area (Å²) >= 11 is 0. The zero-order valence-electron chi connectivity index (χ0n) is 16.0. The van der Waals surface area contributed by atoms with Gasteiger partial charge >= 0.3 is 0 Å². The second-order valence-electron chi connectivity index (χ2n) is 7.32. The van der Waals surface area contributed by atoms with Crippen molar-refractivity contribution in [2.75, 3.05) is 6.54 Å². The van der Waals surface area contributed by atoms with E-state index < -0.39 is 0 Å². The molecule has 2 nitrogen and oxygen atoms in total. The van der Waals surface area contributed by atoms with Crippen LogP contribution >= 0.6 is 0 Å². The fraction of sp³-hybridized carbons (Fsp3) is 0.192. The highest BCUT2D eigenvalue weighted by molar-refractivity contribution is 5.84. The van der Waals surface area contributed by atoms with Gasteiger partial charge < -0.3 is 5.32 Å². The summed E-state index contributed by atoms with van der Waals surface area (Å²) in [6.45, 7) is 0.726. The van der Waals surface area contributed by atoms with E-state index in [1.165, 1.54) is 32.7 Å². The highest BCUT2D eigenvalue weighted by Gasteiger charge is 2.03. The van der Waals surface area contributed by atoms with E-state index in [4.69, 9.17) is 0 Å². The third-order valence-electron chi connectivity index (χ3n) is 5.23. The molecule has 4 rings (SSSR count). The summed E-state index contributed by atoms with van der Waals surface area (Å²) in [5, 5.41) is 8.08. The van der Waals surface area contributed by atoms with E-state index >= 15 is 0 Å². The van der Waals surface area contributed by atoms with E-state index in [-0.39, 0.29) is 5.91 Å². The fourth-order valence-corrected chi connectivity index (χ4v) is 3.66. The van der Waals surface area contributed by atoms with E-state index in [9.17, 15) is 4.79 Å². The van der Waals surface area contributed by atoms with Crippen molar-refractivity contribution in [1.82, 2.24) is 5.32 Å². The van der Waals surface area contributed by atoms with Gasteiger partial charge in [-0.2, -0.15) is 0 Å². The van der Waals surface area contributed by atoms with Crippen LogP contribution in [0.5, 0.6) is 0 Å². The van der Waals surface area contributed by atoms with Gasteiger partial charge in [-0.1, -0.05) is 84.9 Å². The average molecular weight is 367 g/mol. The molecule has 1 amide bonds. The molecule has 0 aliphatic carbocycles. The first-order chi connectivity index (χ1) is 13.8. The molecule has 0 heterocycles. The third-order valence-corrected chi connectivity index (χ3v) is 5.23. The molecule has 140 valence electrons. The summed E-state index contributed by atoms with van der Waals surface area (Å²) in [6.07, 6.45) is 3.26. The van der Waals surface area contributed by atoms with Crippen molar-refractivity contribution in [2.24, 2.45) is 0 Å². The van der Waals surface area contributed by atoms with Gasteiger partial charge in [0.05, 0.1) is 0 Å².